The smallest absolute Gasteiger partial charge is 0.191 e. The summed E-state index contributed by atoms with van der Waals surface area (Å²) in [5, 5.41) is 0. The van der Waals surface area contributed by atoms with Gasteiger partial charge in [0.25, 0.3) is 0 Å². The van der Waals surface area contributed by atoms with Gasteiger partial charge >= 0.3 is 0 Å². The molecule has 3 nitrogen and oxygen atoms in total. The van der Waals surface area contributed by atoms with Crippen molar-refractivity contribution in [1.29, 1.82) is 0 Å². The van der Waals surface area contributed by atoms with Crippen LogP contribution in [0.2, 0.25) is 0 Å². The Balaban J connectivity index is 2.46. The van der Waals surface area contributed by atoms with Crippen LogP contribution in [-0.4, -0.2) is 42.0 Å². The molecule has 0 heterocycles. The van der Waals surface area contributed by atoms with Crippen LogP contribution in [0.3, 0.4) is 0 Å². The van der Waals surface area contributed by atoms with Gasteiger partial charge in [0.2, 0.25) is 0 Å². The average molecular weight is 229 g/mol. The van der Waals surface area contributed by atoms with Crippen molar-refractivity contribution < 1.29 is 0 Å². The Morgan fingerprint density at radius 3 is 2.67 bits per heavy atom. The highest BCUT2D eigenvalue weighted by Crippen LogP contribution is 2.21. The van der Waals surface area contributed by atoms with E-state index in [4.69, 9.17) is 5.73 Å². The quantitative estimate of drug-likeness (QED) is 0.591. The van der Waals surface area contributed by atoms with E-state index in [9.17, 15) is 0 Å². The Hall–Kier alpha value is -0.380. The first-order chi connectivity index (χ1) is 7.15. The predicted molar refractivity (Wildman–Crippen MR) is 69.5 cm³/mol. The molecule has 4 heteroatoms. The minimum Gasteiger partial charge on any atom is -0.370 e. The third-order valence-corrected chi connectivity index (χ3v) is 3.89. The summed E-state index contributed by atoms with van der Waals surface area (Å²) >= 11 is 1.85. The summed E-state index contributed by atoms with van der Waals surface area (Å²) in [6.45, 7) is 2.19. The topological polar surface area (TPSA) is 41.6 Å². The van der Waals surface area contributed by atoms with Gasteiger partial charge in [-0.3, -0.25) is 0 Å². The molecule has 0 aromatic heterocycles. The standard InChI is InChI=1S/C11H23N3S/c1-9(8-15-3)14(2)11(12)13-10-6-4-5-7-10/h9-10H,4-8H2,1-3H3,(H2,12,13). The minimum atomic E-state index is 0.463. The van der Waals surface area contributed by atoms with Gasteiger partial charge in [0, 0.05) is 18.8 Å². The Labute approximate surface area is 97.5 Å². The summed E-state index contributed by atoms with van der Waals surface area (Å²) in [5.41, 5.74) is 5.99. The van der Waals surface area contributed by atoms with E-state index in [1.807, 2.05) is 18.8 Å². The molecule has 1 unspecified atom stereocenters. The summed E-state index contributed by atoms with van der Waals surface area (Å²) in [5.74, 6) is 1.81. The zero-order valence-corrected chi connectivity index (χ0v) is 10.9. The first-order valence-corrected chi connectivity index (χ1v) is 7.09. The van der Waals surface area contributed by atoms with Crippen molar-refractivity contribution in [3.05, 3.63) is 0 Å². The maximum atomic E-state index is 5.99. The molecule has 0 saturated heterocycles. The number of nitrogens with two attached hydrogens (primary N) is 1. The molecule has 15 heavy (non-hydrogen) atoms. The van der Waals surface area contributed by atoms with Crippen LogP contribution in [0, 0.1) is 0 Å². The lowest BCUT2D eigenvalue weighted by Gasteiger charge is -2.25. The van der Waals surface area contributed by atoms with Gasteiger partial charge < -0.3 is 10.6 Å². The van der Waals surface area contributed by atoms with Gasteiger partial charge in [-0.25, -0.2) is 4.99 Å². The Kier molecular flexibility index (Phi) is 5.29. The van der Waals surface area contributed by atoms with Gasteiger partial charge in [-0.1, -0.05) is 12.8 Å². The molecule has 1 atom stereocenters. The highest BCUT2D eigenvalue weighted by Gasteiger charge is 2.16. The van der Waals surface area contributed by atoms with Crippen molar-refractivity contribution >= 4 is 17.7 Å². The fourth-order valence-electron chi connectivity index (χ4n) is 1.89. The van der Waals surface area contributed by atoms with Crippen LogP contribution >= 0.6 is 11.8 Å². The minimum absolute atomic E-state index is 0.463. The molecular formula is C11H23N3S. The lowest BCUT2D eigenvalue weighted by molar-refractivity contribution is 0.414. The second-order valence-corrected chi connectivity index (χ2v) is 5.25. The summed E-state index contributed by atoms with van der Waals surface area (Å²) < 4.78 is 0. The van der Waals surface area contributed by atoms with E-state index in [1.54, 1.807) is 0 Å². The van der Waals surface area contributed by atoms with Gasteiger partial charge in [0.15, 0.2) is 5.96 Å². The molecular weight excluding hydrogens is 206 g/mol. The molecule has 0 spiro atoms. The fraction of sp³-hybridized carbons (Fsp3) is 0.909. The van der Waals surface area contributed by atoms with Crippen molar-refractivity contribution in [2.75, 3.05) is 19.1 Å². The van der Waals surface area contributed by atoms with Crippen molar-refractivity contribution in [3.8, 4) is 0 Å². The van der Waals surface area contributed by atoms with E-state index in [-0.39, 0.29) is 0 Å². The van der Waals surface area contributed by atoms with Gasteiger partial charge in [-0.05, 0) is 26.0 Å². The molecule has 0 amide bonds. The molecule has 0 aromatic rings. The normalized spacial score (nSPS) is 20.6. The predicted octanol–water partition coefficient (Wildman–Crippen LogP) is 1.93. The Morgan fingerprint density at radius 2 is 2.13 bits per heavy atom. The second kappa shape index (κ2) is 6.26. The molecule has 1 aliphatic rings. The first-order valence-electron chi connectivity index (χ1n) is 5.70. The lowest BCUT2D eigenvalue weighted by Crippen LogP contribution is -2.42. The molecule has 0 aliphatic heterocycles. The summed E-state index contributed by atoms with van der Waals surface area (Å²) in [6.07, 6.45) is 7.17. The lowest BCUT2D eigenvalue weighted by atomic mass is 10.3. The monoisotopic (exact) mass is 229 g/mol. The SMILES string of the molecule is CSCC(C)N(C)C(N)=NC1CCCC1. The van der Waals surface area contributed by atoms with E-state index >= 15 is 0 Å². The molecule has 0 radical (unpaired) electrons. The third kappa shape index (κ3) is 3.93. The average Bonchev–Trinajstić information content (AvgIpc) is 2.69. The zero-order chi connectivity index (χ0) is 11.3. The van der Waals surface area contributed by atoms with Crippen LogP contribution in [0.1, 0.15) is 32.6 Å². The van der Waals surface area contributed by atoms with Crippen molar-refractivity contribution in [2.24, 2.45) is 10.7 Å². The van der Waals surface area contributed by atoms with Crippen LogP contribution < -0.4 is 5.73 Å². The van der Waals surface area contributed by atoms with Crippen LogP contribution in [0.25, 0.3) is 0 Å². The second-order valence-electron chi connectivity index (χ2n) is 4.34. The molecule has 0 aromatic carbocycles. The van der Waals surface area contributed by atoms with Gasteiger partial charge in [0.05, 0.1) is 6.04 Å². The summed E-state index contributed by atoms with van der Waals surface area (Å²) in [6, 6.07) is 0.944. The molecule has 1 saturated carbocycles. The maximum absolute atomic E-state index is 5.99. The molecule has 1 fully saturated rings. The van der Waals surface area contributed by atoms with Crippen LogP contribution in [0.5, 0.6) is 0 Å². The third-order valence-electron chi connectivity index (χ3n) is 3.07. The number of hydrogen-bond donors (Lipinski definition) is 1. The molecule has 2 N–H and O–H groups in total. The van der Waals surface area contributed by atoms with Gasteiger partial charge in [0.1, 0.15) is 0 Å². The number of rotatable bonds is 4. The number of thioether (sulfide) groups is 1. The Morgan fingerprint density at radius 1 is 1.53 bits per heavy atom. The van der Waals surface area contributed by atoms with Crippen molar-refractivity contribution in [1.82, 2.24) is 4.90 Å². The zero-order valence-electron chi connectivity index (χ0n) is 10.1. The Bertz CT molecular complexity index is 212. The maximum Gasteiger partial charge on any atom is 0.191 e. The molecule has 0 bridgehead atoms. The molecule has 1 aliphatic carbocycles. The van der Waals surface area contributed by atoms with E-state index in [2.05, 4.69) is 23.1 Å². The van der Waals surface area contributed by atoms with Crippen LogP contribution in [0.4, 0.5) is 0 Å². The van der Waals surface area contributed by atoms with Crippen LogP contribution in [0.15, 0.2) is 4.99 Å². The summed E-state index contributed by atoms with van der Waals surface area (Å²) in [7, 11) is 2.04. The fourth-order valence-corrected chi connectivity index (χ4v) is 2.60. The summed E-state index contributed by atoms with van der Waals surface area (Å²) in [4.78, 5) is 6.68. The number of nitrogens with zero attached hydrogens (tertiary/aromatic N) is 2. The highest BCUT2D eigenvalue weighted by atomic mass is 32.2. The van der Waals surface area contributed by atoms with Crippen LogP contribution in [-0.2, 0) is 0 Å². The van der Waals surface area contributed by atoms with E-state index in [0.29, 0.717) is 18.0 Å². The first kappa shape index (κ1) is 12.7. The number of aliphatic imine (C=N–C) groups is 1. The number of hydrogen-bond acceptors (Lipinski definition) is 2. The largest absolute Gasteiger partial charge is 0.370 e. The van der Waals surface area contributed by atoms with Gasteiger partial charge in [-0.15, -0.1) is 0 Å². The van der Waals surface area contributed by atoms with Crippen molar-refractivity contribution in [2.45, 2.75) is 44.7 Å². The van der Waals surface area contributed by atoms with E-state index in [0.717, 1.165) is 5.75 Å². The van der Waals surface area contributed by atoms with E-state index < -0.39 is 0 Å². The van der Waals surface area contributed by atoms with E-state index in [1.165, 1.54) is 25.7 Å². The molecule has 1 rings (SSSR count). The molecule has 88 valence electrons. The van der Waals surface area contributed by atoms with Crippen molar-refractivity contribution in [3.63, 3.8) is 0 Å². The highest BCUT2D eigenvalue weighted by molar-refractivity contribution is 7.98. The number of guanidine groups is 1. The van der Waals surface area contributed by atoms with Gasteiger partial charge in [-0.2, -0.15) is 11.8 Å².